The Hall–Kier alpha value is -2.95. The van der Waals surface area contributed by atoms with Crippen LogP contribution in [0.3, 0.4) is 0 Å². The Morgan fingerprint density at radius 1 is 1.12 bits per heavy atom. The minimum absolute atomic E-state index is 0.126. The third kappa shape index (κ3) is 3.44. The number of nitrogens with zero attached hydrogens (tertiary/aromatic N) is 7. The second-order valence-corrected chi connectivity index (χ2v) is 8.42. The molecule has 0 aromatic carbocycles. The normalized spacial score (nSPS) is 19.5. The molecule has 3 aromatic rings. The molecule has 0 bridgehead atoms. The number of alkyl halides is 3. The van der Waals surface area contributed by atoms with Crippen molar-refractivity contribution in [3.8, 4) is 0 Å². The number of anilines is 2. The van der Waals surface area contributed by atoms with E-state index < -0.39 is 12.0 Å². The minimum atomic E-state index is -4.63. The van der Waals surface area contributed by atoms with Crippen LogP contribution in [0.5, 0.6) is 0 Å². The van der Waals surface area contributed by atoms with Crippen molar-refractivity contribution in [2.24, 2.45) is 0 Å². The standard InChI is InChI=1S/C21H24F3N7O/c1-12-11-32-7-6-30(12)16-8-15-10-29(5-4-17(15)25-9-16)19-14(3)13(2)18-26-27-20(21(22,23)24)31(18)28-19/h8-9,12H,4-7,10-11H2,1-3H3/t12-/m1/s1. The number of pyridine rings is 1. The van der Waals surface area contributed by atoms with E-state index in [0.29, 0.717) is 44.1 Å². The summed E-state index contributed by atoms with van der Waals surface area (Å²) >= 11 is 0. The fourth-order valence-corrected chi connectivity index (χ4v) is 4.45. The third-order valence-electron chi connectivity index (χ3n) is 6.35. The van der Waals surface area contributed by atoms with Crippen molar-refractivity contribution in [3.05, 3.63) is 40.5 Å². The maximum Gasteiger partial charge on any atom is 0.453 e. The molecule has 170 valence electrons. The van der Waals surface area contributed by atoms with Gasteiger partial charge in [-0.25, -0.2) is 0 Å². The lowest BCUT2D eigenvalue weighted by atomic mass is 10.0. The van der Waals surface area contributed by atoms with Crippen molar-refractivity contribution in [2.75, 3.05) is 36.1 Å². The van der Waals surface area contributed by atoms with Gasteiger partial charge in [0.05, 0.1) is 25.1 Å². The number of hydrogen-bond acceptors (Lipinski definition) is 7. The summed E-state index contributed by atoms with van der Waals surface area (Å²) in [6.45, 7) is 9.03. The molecule has 1 fully saturated rings. The topological polar surface area (TPSA) is 71.7 Å². The maximum absolute atomic E-state index is 13.4. The van der Waals surface area contributed by atoms with Gasteiger partial charge in [0.25, 0.3) is 5.82 Å². The SMILES string of the molecule is Cc1c(N2CCc3ncc(N4CCOC[C@H]4C)cc3C2)nn2c(C(F)(F)F)nnc2c1C. The zero-order valence-corrected chi connectivity index (χ0v) is 18.1. The van der Waals surface area contributed by atoms with Gasteiger partial charge in [0.15, 0.2) is 11.5 Å². The van der Waals surface area contributed by atoms with Crippen LogP contribution in [-0.2, 0) is 23.9 Å². The van der Waals surface area contributed by atoms with Gasteiger partial charge in [0, 0.05) is 48.9 Å². The van der Waals surface area contributed by atoms with Crippen LogP contribution in [-0.4, -0.2) is 57.1 Å². The molecule has 0 N–H and O–H groups in total. The van der Waals surface area contributed by atoms with E-state index in [4.69, 9.17) is 4.74 Å². The van der Waals surface area contributed by atoms with Gasteiger partial charge in [0.2, 0.25) is 0 Å². The third-order valence-corrected chi connectivity index (χ3v) is 6.35. The van der Waals surface area contributed by atoms with Gasteiger partial charge in [-0.2, -0.15) is 17.7 Å². The Balaban J connectivity index is 1.51. The van der Waals surface area contributed by atoms with Gasteiger partial charge >= 0.3 is 6.18 Å². The van der Waals surface area contributed by atoms with Crippen LogP contribution in [0, 0.1) is 13.8 Å². The molecular formula is C21H24F3N7O. The number of fused-ring (bicyclic) bond motifs is 2. The molecule has 5 rings (SSSR count). The van der Waals surface area contributed by atoms with Crippen LogP contribution in [0.4, 0.5) is 24.7 Å². The predicted molar refractivity (Wildman–Crippen MR) is 112 cm³/mol. The van der Waals surface area contributed by atoms with Gasteiger partial charge in [-0.05, 0) is 32.4 Å². The average molecular weight is 447 g/mol. The number of aryl methyl sites for hydroxylation is 1. The number of halogens is 3. The molecule has 0 spiro atoms. The monoisotopic (exact) mass is 447 g/mol. The van der Waals surface area contributed by atoms with E-state index in [1.165, 1.54) is 0 Å². The highest BCUT2D eigenvalue weighted by molar-refractivity contribution is 5.60. The quantitative estimate of drug-likeness (QED) is 0.598. The van der Waals surface area contributed by atoms with Crippen LogP contribution in [0.15, 0.2) is 12.3 Å². The summed E-state index contributed by atoms with van der Waals surface area (Å²) in [5.41, 5.74) is 4.68. The highest BCUT2D eigenvalue weighted by atomic mass is 19.4. The number of ether oxygens (including phenoxy) is 1. The lowest BCUT2D eigenvalue weighted by molar-refractivity contribution is -0.146. The Morgan fingerprint density at radius 2 is 1.94 bits per heavy atom. The first kappa shape index (κ1) is 20.9. The van der Waals surface area contributed by atoms with Gasteiger partial charge in [-0.15, -0.1) is 15.3 Å². The highest BCUT2D eigenvalue weighted by Gasteiger charge is 2.38. The average Bonchev–Trinajstić information content (AvgIpc) is 3.20. The smallest absolute Gasteiger partial charge is 0.377 e. The molecule has 1 saturated heterocycles. The Bertz CT molecular complexity index is 1180. The van der Waals surface area contributed by atoms with E-state index in [2.05, 4.69) is 38.2 Å². The van der Waals surface area contributed by atoms with Crippen molar-refractivity contribution in [2.45, 2.75) is 46.0 Å². The molecule has 5 heterocycles. The largest absolute Gasteiger partial charge is 0.453 e. The molecule has 8 nitrogen and oxygen atoms in total. The maximum atomic E-state index is 13.4. The summed E-state index contributed by atoms with van der Waals surface area (Å²) in [5.74, 6) is -0.601. The molecule has 0 radical (unpaired) electrons. The van der Waals surface area contributed by atoms with E-state index in [9.17, 15) is 13.2 Å². The Morgan fingerprint density at radius 3 is 2.69 bits per heavy atom. The van der Waals surface area contributed by atoms with Crippen LogP contribution in [0.1, 0.15) is 35.1 Å². The molecule has 2 aliphatic heterocycles. The number of aromatic nitrogens is 5. The molecule has 11 heteroatoms. The zero-order valence-electron chi connectivity index (χ0n) is 18.1. The fraction of sp³-hybridized carbons (Fsp3) is 0.524. The number of hydrogen-bond donors (Lipinski definition) is 0. The van der Waals surface area contributed by atoms with Crippen LogP contribution in [0.25, 0.3) is 5.65 Å². The van der Waals surface area contributed by atoms with E-state index in [-0.39, 0.29) is 11.7 Å². The van der Waals surface area contributed by atoms with Crippen molar-refractivity contribution in [3.63, 3.8) is 0 Å². The van der Waals surface area contributed by atoms with Crippen molar-refractivity contribution in [1.82, 2.24) is 24.8 Å². The second-order valence-electron chi connectivity index (χ2n) is 8.42. The zero-order chi connectivity index (χ0) is 22.6. The van der Waals surface area contributed by atoms with Crippen molar-refractivity contribution in [1.29, 1.82) is 0 Å². The lowest BCUT2D eigenvalue weighted by Crippen LogP contribution is -2.44. The first-order valence-electron chi connectivity index (χ1n) is 10.6. The van der Waals surface area contributed by atoms with Crippen molar-refractivity contribution < 1.29 is 17.9 Å². The first-order valence-corrected chi connectivity index (χ1v) is 10.6. The predicted octanol–water partition coefficient (Wildman–Crippen LogP) is 2.94. The Kier molecular flexibility index (Phi) is 4.95. The Labute approximate surface area is 183 Å². The molecule has 1 atom stereocenters. The molecular weight excluding hydrogens is 423 g/mol. The van der Waals surface area contributed by atoms with Crippen LogP contribution < -0.4 is 9.80 Å². The van der Waals surface area contributed by atoms with Crippen LogP contribution in [0.2, 0.25) is 0 Å². The van der Waals surface area contributed by atoms with Crippen LogP contribution >= 0.6 is 0 Å². The van der Waals surface area contributed by atoms with Gasteiger partial charge < -0.3 is 14.5 Å². The minimum Gasteiger partial charge on any atom is -0.377 e. The summed E-state index contributed by atoms with van der Waals surface area (Å²) < 4.78 is 46.6. The second kappa shape index (κ2) is 7.58. The molecule has 0 aliphatic carbocycles. The molecule has 0 unspecified atom stereocenters. The molecule has 32 heavy (non-hydrogen) atoms. The van der Waals surface area contributed by atoms with E-state index in [1.807, 2.05) is 18.0 Å². The number of morpholine rings is 1. The van der Waals surface area contributed by atoms with Gasteiger partial charge in [0.1, 0.15) is 0 Å². The number of rotatable bonds is 2. The lowest BCUT2D eigenvalue weighted by Gasteiger charge is -2.36. The van der Waals surface area contributed by atoms with E-state index in [0.717, 1.165) is 33.6 Å². The molecule has 2 aliphatic rings. The summed E-state index contributed by atoms with van der Waals surface area (Å²) in [7, 11) is 0. The first-order chi connectivity index (χ1) is 15.2. The molecule has 0 amide bonds. The summed E-state index contributed by atoms with van der Waals surface area (Å²) in [6, 6.07) is 2.39. The summed E-state index contributed by atoms with van der Waals surface area (Å²) in [4.78, 5) is 8.97. The summed E-state index contributed by atoms with van der Waals surface area (Å²) in [6.07, 6.45) is -2.03. The van der Waals surface area contributed by atoms with Crippen molar-refractivity contribution >= 4 is 17.2 Å². The summed E-state index contributed by atoms with van der Waals surface area (Å²) in [5, 5.41) is 11.4. The molecule has 3 aromatic heterocycles. The highest BCUT2D eigenvalue weighted by Crippen LogP contribution is 2.33. The van der Waals surface area contributed by atoms with Gasteiger partial charge in [-0.3, -0.25) is 4.98 Å². The van der Waals surface area contributed by atoms with E-state index >= 15 is 0 Å². The molecule has 0 saturated carbocycles. The fourth-order valence-electron chi connectivity index (χ4n) is 4.45. The van der Waals surface area contributed by atoms with E-state index in [1.54, 1.807) is 6.92 Å². The van der Waals surface area contributed by atoms with Gasteiger partial charge in [-0.1, -0.05) is 0 Å².